The average molecular weight is 471 g/mol. The van der Waals surface area contributed by atoms with Crippen LogP contribution < -0.4 is 10.9 Å². The van der Waals surface area contributed by atoms with E-state index in [0.29, 0.717) is 17.1 Å². The molecule has 0 aliphatic carbocycles. The van der Waals surface area contributed by atoms with Crippen LogP contribution in [0, 0.1) is 0 Å². The first-order valence-corrected chi connectivity index (χ1v) is 11.4. The molecule has 7 heteroatoms. The highest BCUT2D eigenvalue weighted by Gasteiger charge is 2.18. The van der Waals surface area contributed by atoms with E-state index >= 15 is 0 Å². The number of carbonyl (C=O) groups excluding carboxylic acids is 1. The molecule has 0 bridgehead atoms. The molecule has 5 rings (SSSR count). The molecule has 0 fully saturated rings. The molecular weight excluding hydrogens is 448 g/mol. The number of rotatable bonds is 6. The summed E-state index contributed by atoms with van der Waals surface area (Å²) < 4.78 is 3.20. The van der Waals surface area contributed by atoms with Gasteiger partial charge in [0.25, 0.3) is 5.56 Å². The summed E-state index contributed by atoms with van der Waals surface area (Å²) in [7, 11) is 0. The fourth-order valence-corrected chi connectivity index (χ4v) is 4.55. The van der Waals surface area contributed by atoms with Crippen LogP contribution in [0.3, 0.4) is 0 Å². The second kappa shape index (κ2) is 9.15. The summed E-state index contributed by atoms with van der Waals surface area (Å²) in [6, 6.07) is 24.9. The van der Waals surface area contributed by atoms with E-state index in [0.717, 1.165) is 27.4 Å². The minimum absolute atomic E-state index is 0.162. The van der Waals surface area contributed by atoms with Crippen LogP contribution in [-0.2, 0) is 17.9 Å². The quantitative estimate of drug-likeness (QED) is 0.382. The molecule has 0 aliphatic rings. The number of hydrogen-bond donors (Lipinski definition) is 1. The average Bonchev–Trinajstić information content (AvgIpc) is 3.15. The smallest absolute Gasteiger partial charge is 0.291 e. The van der Waals surface area contributed by atoms with Gasteiger partial charge in [0.05, 0.1) is 12.2 Å². The summed E-state index contributed by atoms with van der Waals surface area (Å²) in [5, 5.41) is 9.61. The normalized spacial score (nSPS) is 12.2. The second-order valence-electron chi connectivity index (χ2n) is 8.30. The molecule has 34 heavy (non-hydrogen) atoms. The van der Waals surface area contributed by atoms with Gasteiger partial charge >= 0.3 is 0 Å². The summed E-state index contributed by atoms with van der Waals surface area (Å²) in [5.41, 5.74) is 3.11. The van der Waals surface area contributed by atoms with E-state index in [1.807, 2.05) is 90.4 Å². The van der Waals surface area contributed by atoms with E-state index in [1.165, 1.54) is 4.68 Å². The van der Waals surface area contributed by atoms with Crippen molar-refractivity contribution >= 4 is 39.3 Å². The van der Waals surface area contributed by atoms with Gasteiger partial charge in [-0.2, -0.15) is 5.10 Å². The number of aromatic nitrogens is 3. The Hall–Kier alpha value is -3.90. The van der Waals surface area contributed by atoms with Crippen LogP contribution in [0.1, 0.15) is 24.1 Å². The SMILES string of the molecule is C[C@H](NC(=O)Cn1ncc2c3ccccc3n(Cc3cccc(Cl)c3)c2c1=O)c1ccccc1. The molecule has 0 unspecified atom stereocenters. The first-order chi connectivity index (χ1) is 16.5. The molecule has 6 nitrogen and oxygen atoms in total. The zero-order chi connectivity index (χ0) is 23.7. The third kappa shape index (κ3) is 4.20. The molecule has 1 N–H and O–H groups in total. The Labute approximate surface area is 201 Å². The number of para-hydroxylation sites is 1. The Morgan fingerprint density at radius 2 is 1.76 bits per heavy atom. The maximum absolute atomic E-state index is 13.5. The van der Waals surface area contributed by atoms with Crippen molar-refractivity contribution in [3.8, 4) is 0 Å². The van der Waals surface area contributed by atoms with E-state index in [2.05, 4.69) is 10.4 Å². The summed E-state index contributed by atoms with van der Waals surface area (Å²) in [5.74, 6) is -0.275. The van der Waals surface area contributed by atoms with E-state index in [4.69, 9.17) is 11.6 Å². The molecule has 1 atom stereocenters. The fourth-order valence-electron chi connectivity index (χ4n) is 4.34. The number of nitrogens with zero attached hydrogens (tertiary/aromatic N) is 3. The van der Waals surface area contributed by atoms with Gasteiger partial charge in [0, 0.05) is 27.9 Å². The summed E-state index contributed by atoms with van der Waals surface area (Å²) in [6.45, 7) is 2.22. The third-order valence-corrected chi connectivity index (χ3v) is 6.21. The zero-order valence-corrected chi connectivity index (χ0v) is 19.4. The molecule has 0 spiro atoms. The van der Waals surface area contributed by atoms with Gasteiger partial charge in [0.15, 0.2) is 0 Å². The zero-order valence-electron chi connectivity index (χ0n) is 18.6. The third-order valence-electron chi connectivity index (χ3n) is 5.97. The second-order valence-corrected chi connectivity index (χ2v) is 8.74. The van der Waals surface area contributed by atoms with E-state index in [9.17, 15) is 9.59 Å². The molecule has 0 radical (unpaired) electrons. The summed E-state index contributed by atoms with van der Waals surface area (Å²) in [4.78, 5) is 26.3. The van der Waals surface area contributed by atoms with Gasteiger partial charge in [0.1, 0.15) is 12.1 Å². The van der Waals surface area contributed by atoms with Crippen LogP contribution in [0.15, 0.2) is 89.9 Å². The predicted octanol–water partition coefficient (Wildman–Crippen LogP) is 4.93. The Kier molecular flexibility index (Phi) is 5.90. The van der Waals surface area contributed by atoms with E-state index in [1.54, 1.807) is 6.20 Å². The maximum Gasteiger partial charge on any atom is 0.291 e. The van der Waals surface area contributed by atoms with Crippen LogP contribution in [0.5, 0.6) is 0 Å². The van der Waals surface area contributed by atoms with Crippen LogP contribution in [0.25, 0.3) is 21.8 Å². The Balaban J connectivity index is 1.52. The molecule has 5 aromatic rings. The van der Waals surface area contributed by atoms with E-state index < -0.39 is 0 Å². The van der Waals surface area contributed by atoms with Gasteiger partial charge in [-0.1, -0.05) is 72.3 Å². The maximum atomic E-state index is 13.5. The molecule has 3 aromatic carbocycles. The largest absolute Gasteiger partial charge is 0.348 e. The lowest BCUT2D eigenvalue weighted by atomic mass is 10.1. The van der Waals surface area contributed by atoms with Crippen molar-refractivity contribution in [3.05, 3.63) is 112 Å². The topological polar surface area (TPSA) is 68.9 Å². The fraction of sp³-hybridized carbons (Fsp3) is 0.148. The summed E-state index contributed by atoms with van der Waals surface area (Å²) >= 11 is 6.19. The number of amides is 1. The van der Waals surface area contributed by atoms with Crippen molar-refractivity contribution in [2.45, 2.75) is 26.1 Å². The molecular formula is C27H23ClN4O2. The highest BCUT2D eigenvalue weighted by molar-refractivity contribution is 6.30. The van der Waals surface area contributed by atoms with Gasteiger partial charge < -0.3 is 9.88 Å². The highest BCUT2D eigenvalue weighted by atomic mass is 35.5. The molecule has 0 aliphatic heterocycles. The first kappa shape index (κ1) is 21.9. The van der Waals surface area contributed by atoms with E-state index in [-0.39, 0.29) is 24.1 Å². The lowest BCUT2D eigenvalue weighted by Gasteiger charge is -2.14. The van der Waals surface area contributed by atoms with Gasteiger partial charge in [-0.15, -0.1) is 0 Å². The first-order valence-electron chi connectivity index (χ1n) is 11.1. The van der Waals surface area contributed by atoms with Crippen LogP contribution >= 0.6 is 11.6 Å². The minimum atomic E-state index is -0.307. The van der Waals surface area contributed by atoms with Crippen LogP contribution in [0.4, 0.5) is 0 Å². The molecule has 170 valence electrons. The van der Waals surface area contributed by atoms with Crippen LogP contribution in [-0.4, -0.2) is 20.3 Å². The number of hydrogen-bond acceptors (Lipinski definition) is 3. The van der Waals surface area contributed by atoms with Crippen molar-refractivity contribution in [2.24, 2.45) is 0 Å². The number of nitrogens with one attached hydrogen (secondary N) is 1. The number of benzene rings is 3. The van der Waals surface area contributed by atoms with Crippen LogP contribution in [0.2, 0.25) is 5.02 Å². The van der Waals surface area contributed by atoms with Gasteiger partial charge in [-0.05, 0) is 36.2 Å². The standard InChI is InChI=1S/C27H23ClN4O2/c1-18(20-9-3-2-4-10-20)30-25(33)17-32-27(34)26-23(15-29-32)22-12-5-6-13-24(22)31(26)16-19-8-7-11-21(28)14-19/h2-15,18H,16-17H2,1H3,(H,30,33)/t18-/m0/s1. The lowest BCUT2D eigenvalue weighted by Crippen LogP contribution is -2.35. The van der Waals surface area contributed by atoms with Gasteiger partial charge in [0.2, 0.25) is 5.91 Å². The number of carbonyl (C=O) groups is 1. The highest BCUT2D eigenvalue weighted by Crippen LogP contribution is 2.27. The number of fused-ring (bicyclic) bond motifs is 3. The van der Waals surface area contributed by atoms with Crippen molar-refractivity contribution in [1.29, 1.82) is 0 Å². The predicted molar refractivity (Wildman–Crippen MR) is 135 cm³/mol. The van der Waals surface area contributed by atoms with Gasteiger partial charge in [-0.25, -0.2) is 4.68 Å². The Morgan fingerprint density at radius 1 is 1.00 bits per heavy atom. The monoisotopic (exact) mass is 470 g/mol. The van der Waals surface area contributed by atoms with Crippen molar-refractivity contribution < 1.29 is 4.79 Å². The molecule has 0 saturated heterocycles. The molecule has 0 saturated carbocycles. The number of halogens is 1. The van der Waals surface area contributed by atoms with Crippen molar-refractivity contribution in [1.82, 2.24) is 19.7 Å². The Bertz CT molecular complexity index is 1560. The summed E-state index contributed by atoms with van der Waals surface area (Å²) in [6.07, 6.45) is 1.67. The van der Waals surface area contributed by atoms with Crippen molar-refractivity contribution in [3.63, 3.8) is 0 Å². The van der Waals surface area contributed by atoms with Gasteiger partial charge in [-0.3, -0.25) is 9.59 Å². The lowest BCUT2D eigenvalue weighted by molar-refractivity contribution is -0.122. The minimum Gasteiger partial charge on any atom is -0.348 e. The molecule has 2 aromatic heterocycles. The molecule has 1 amide bonds. The Morgan fingerprint density at radius 3 is 2.56 bits per heavy atom. The molecule has 2 heterocycles. The van der Waals surface area contributed by atoms with Crippen molar-refractivity contribution in [2.75, 3.05) is 0 Å².